The highest BCUT2D eigenvalue weighted by Crippen LogP contribution is 2.36. The van der Waals surface area contributed by atoms with Crippen LogP contribution in [-0.2, 0) is 11.3 Å². The van der Waals surface area contributed by atoms with Crippen LogP contribution < -0.4 is 16.4 Å². The zero-order valence-corrected chi connectivity index (χ0v) is 16.0. The van der Waals surface area contributed by atoms with Gasteiger partial charge in [0.1, 0.15) is 5.82 Å². The summed E-state index contributed by atoms with van der Waals surface area (Å²) >= 11 is 6.19. The summed E-state index contributed by atoms with van der Waals surface area (Å²) in [7, 11) is 0. The van der Waals surface area contributed by atoms with Gasteiger partial charge >= 0.3 is 6.03 Å². The third-order valence-corrected chi connectivity index (χ3v) is 5.07. The van der Waals surface area contributed by atoms with Crippen molar-refractivity contribution in [2.45, 2.75) is 25.4 Å². The number of carbonyl (C=O) groups excluding carboxylic acids is 2. The first kappa shape index (κ1) is 19.9. The van der Waals surface area contributed by atoms with Crippen LogP contribution in [0.5, 0.6) is 0 Å². The fourth-order valence-corrected chi connectivity index (χ4v) is 3.54. The number of nitrogens with one attached hydrogen (secondary N) is 2. The second kappa shape index (κ2) is 8.93. The molecule has 2 aromatic carbocycles. The van der Waals surface area contributed by atoms with Gasteiger partial charge in [-0.05, 0) is 54.3 Å². The van der Waals surface area contributed by atoms with Gasteiger partial charge in [0, 0.05) is 23.8 Å². The number of amides is 3. The van der Waals surface area contributed by atoms with E-state index in [0.29, 0.717) is 35.8 Å². The third-order valence-electron chi connectivity index (χ3n) is 4.72. The molecular weight excluding hydrogens is 383 g/mol. The maximum absolute atomic E-state index is 13.6. The highest BCUT2D eigenvalue weighted by Gasteiger charge is 2.31. The van der Waals surface area contributed by atoms with E-state index in [1.54, 1.807) is 17.0 Å². The molecule has 1 aliphatic rings. The monoisotopic (exact) mass is 404 g/mol. The number of likely N-dealkylation sites (tertiary alicyclic amines) is 1. The van der Waals surface area contributed by atoms with E-state index in [2.05, 4.69) is 10.6 Å². The summed E-state index contributed by atoms with van der Waals surface area (Å²) < 4.78 is 13.6. The van der Waals surface area contributed by atoms with E-state index in [1.807, 2.05) is 12.1 Å². The van der Waals surface area contributed by atoms with Crippen molar-refractivity contribution in [3.05, 3.63) is 64.4 Å². The first-order chi connectivity index (χ1) is 13.4. The first-order valence-corrected chi connectivity index (χ1v) is 9.42. The fourth-order valence-electron chi connectivity index (χ4n) is 3.30. The molecule has 1 fully saturated rings. The minimum Gasteiger partial charge on any atom is -0.399 e. The number of halogens is 2. The maximum Gasteiger partial charge on any atom is 0.315 e. The van der Waals surface area contributed by atoms with E-state index in [0.717, 1.165) is 12.0 Å². The van der Waals surface area contributed by atoms with Gasteiger partial charge in [-0.2, -0.15) is 0 Å². The molecule has 3 amide bonds. The smallest absolute Gasteiger partial charge is 0.315 e. The second-order valence-electron chi connectivity index (χ2n) is 6.69. The quantitative estimate of drug-likeness (QED) is 0.668. The number of nitrogens with two attached hydrogens (primary N) is 1. The SMILES string of the molecule is Nc1ccc(CNC(=O)NCC(=O)N2CCC[C@@H]2c2cc(F)ccc2Cl)cc1. The maximum atomic E-state index is 13.6. The van der Waals surface area contributed by atoms with Crippen LogP contribution in [0, 0.1) is 5.82 Å². The van der Waals surface area contributed by atoms with E-state index >= 15 is 0 Å². The molecule has 2 aromatic rings. The molecule has 28 heavy (non-hydrogen) atoms. The van der Waals surface area contributed by atoms with Crippen molar-refractivity contribution in [3.63, 3.8) is 0 Å². The number of urea groups is 1. The van der Waals surface area contributed by atoms with Crippen molar-refractivity contribution in [2.24, 2.45) is 0 Å². The molecule has 1 aliphatic heterocycles. The number of rotatable bonds is 5. The second-order valence-corrected chi connectivity index (χ2v) is 7.10. The van der Waals surface area contributed by atoms with E-state index < -0.39 is 6.03 Å². The summed E-state index contributed by atoms with van der Waals surface area (Å²) in [4.78, 5) is 26.2. The molecule has 148 valence electrons. The van der Waals surface area contributed by atoms with E-state index in [9.17, 15) is 14.0 Å². The average molecular weight is 405 g/mol. The van der Waals surface area contributed by atoms with Gasteiger partial charge in [-0.3, -0.25) is 4.79 Å². The number of hydrogen-bond donors (Lipinski definition) is 3. The molecule has 0 aromatic heterocycles. The van der Waals surface area contributed by atoms with Gasteiger partial charge < -0.3 is 21.3 Å². The minimum absolute atomic E-state index is 0.142. The van der Waals surface area contributed by atoms with Gasteiger partial charge in [0.05, 0.1) is 12.6 Å². The number of nitrogen functional groups attached to an aromatic ring is 1. The van der Waals surface area contributed by atoms with Crippen molar-refractivity contribution in [3.8, 4) is 0 Å². The Morgan fingerprint density at radius 2 is 1.93 bits per heavy atom. The molecule has 6 nitrogen and oxygen atoms in total. The summed E-state index contributed by atoms with van der Waals surface area (Å²) in [6, 6.07) is 10.6. The molecule has 1 heterocycles. The lowest BCUT2D eigenvalue weighted by atomic mass is 10.0. The van der Waals surface area contributed by atoms with Crippen LogP contribution in [0.25, 0.3) is 0 Å². The molecule has 3 rings (SSSR count). The molecule has 4 N–H and O–H groups in total. The van der Waals surface area contributed by atoms with Crippen molar-refractivity contribution in [1.82, 2.24) is 15.5 Å². The minimum atomic E-state index is -0.440. The van der Waals surface area contributed by atoms with Crippen LogP contribution >= 0.6 is 11.6 Å². The van der Waals surface area contributed by atoms with Gasteiger partial charge in [-0.25, -0.2) is 9.18 Å². The van der Waals surface area contributed by atoms with Crippen LogP contribution in [0.3, 0.4) is 0 Å². The number of hydrogen-bond acceptors (Lipinski definition) is 3. The molecular formula is C20H22ClFN4O2. The molecule has 0 spiro atoms. The lowest BCUT2D eigenvalue weighted by molar-refractivity contribution is -0.131. The Bertz CT molecular complexity index is 860. The summed E-state index contributed by atoms with van der Waals surface area (Å²) in [5.41, 5.74) is 7.77. The molecule has 0 bridgehead atoms. The van der Waals surface area contributed by atoms with Crippen LogP contribution in [0.15, 0.2) is 42.5 Å². The number of benzene rings is 2. The molecule has 0 saturated carbocycles. The Kier molecular flexibility index (Phi) is 6.36. The van der Waals surface area contributed by atoms with Gasteiger partial charge in [0.15, 0.2) is 0 Å². The fraction of sp³-hybridized carbons (Fsp3) is 0.300. The highest BCUT2D eigenvalue weighted by molar-refractivity contribution is 6.31. The van der Waals surface area contributed by atoms with E-state index in [-0.39, 0.29) is 24.3 Å². The molecule has 8 heteroatoms. The van der Waals surface area contributed by atoms with E-state index in [4.69, 9.17) is 17.3 Å². The predicted octanol–water partition coefficient (Wildman–Crippen LogP) is 3.22. The Balaban J connectivity index is 1.52. The van der Waals surface area contributed by atoms with Gasteiger partial charge in [-0.1, -0.05) is 23.7 Å². The number of carbonyl (C=O) groups is 2. The lowest BCUT2D eigenvalue weighted by Gasteiger charge is -2.26. The molecule has 0 radical (unpaired) electrons. The largest absolute Gasteiger partial charge is 0.399 e. The molecule has 1 atom stereocenters. The summed E-state index contributed by atoms with van der Waals surface area (Å²) in [6.07, 6.45) is 1.50. The van der Waals surface area contributed by atoms with Crippen molar-refractivity contribution in [1.29, 1.82) is 0 Å². The zero-order valence-electron chi connectivity index (χ0n) is 15.3. The first-order valence-electron chi connectivity index (χ1n) is 9.04. The lowest BCUT2D eigenvalue weighted by Crippen LogP contribution is -2.43. The summed E-state index contributed by atoms with van der Waals surface area (Å²) in [6.45, 7) is 0.730. The van der Waals surface area contributed by atoms with Crippen LogP contribution in [0.1, 0.15) is 30.0 Å². The average Bonchev–Trinajstić information content (AvgIpc) is 3.17. The topological polar surface area (TPSA) is 87.5 Å². The van der Waals surface area contributed by atoms with Gasteiger partial charge in [0.25, 0.3) is 0 Å². The number of nitrogens with zero attached hydrogens (tertiary/aromatic N) is 1. The Morgan fingerprint density at radius 3 is 2.68 bits per heavy atom. The highest BCUT2D eigenvalue weighted by atomic mass is 35.5. The third kappa shape index (κ3) is 4.92. The predicted molar refractivity (Wildman–Crippen MR) is 106 cm³/mol. The Labute approximate surface area is 167 Å². The normalized spacial score (nSPS) is 16.1. The Hall–Kier alpha value is -2.80. The van der Waals surface area contributed by atoms with Gasteiger partial charge in [0.2, 0.25) is 5.91 Å². The Morgan fingerprint density at radius 1 is 1.18 bits per heavy atom. The van der Waals surface area contributed by atoms with Crippen molar-refractivity contribution in [2.75, 3.05) is 18.8 Å². The summed E-state index contributed by atoms with van der Waals surface area (Å²) in [5, 5.41) is 5.69. The van der Waals surface area contributed by atoms with Crippen molar-refractivity contribution < 1.29 is 14.0 Å². The van der Waals surface area contributed by atoms with Crippen molar-refractivity contribution >= 4 is 29.2 Å². The summed E-state index contributed by atoms with van der Waals surface area (Å²) in [5.74, 6) is -0.621. The van der Waals surface area contributed by atoms with Gasteiger partial charge in [-0.15, -0.1) is 0 Å². The van der Waals surface area contributed by atoms with Crippen LogP contribution in [0.2, 0.25) is 5.02 Å². The molecule has 0 aliphatic carbocycles. The standard InChI is InChI=1S/C20H22ClFN4O2/c21-17-8-5-14(22)10-16(17)18-2-1-9-26(18)19(27)12-25-20(28)24-11-13-3-6-15(23)7-4-13/h3-8,10,18H,1-2,9,11-12,23H2,(H2,24,25,28)/t18-/m1/s1. The molecule has 1 saturated heterocycles. The zero-order chi connectivity index (χ0) is 20.1. The number of anilines is 1. The molecule has 0 unspecified atom stereocenters. The van der Waals surface area contributed by atoms with Crippen LogP contribution in [-0.4, -0.2) is 29.9 Å². The van der Waals surface area contributed by atoms with Crippen LogP contribution in [0.4, 0.5) is 14.9 Å². The van der Waals surface area contributed by atoms with E-state index in [1.165, 1.54) is 18.2 Å².